The van der Waals surface area contributed by atoms with Crippen molar-refractivity contribution in [2.24, 2.45) is 5.73 Å². The van der Waals surface area contributed by atoms with Crippen molar-refractivity contribution >= 4 is 0 Å². The number of rotatable bonds is 6. The van der Waals surface area contributed by atoms with Crippen molar-refractivity contribution in [2.75, 3.05) is 6.54 Å². The molecule has 3 nitrogen and oxygen atoms in total. The van der Waals surface area contributed by atoms with Gasteiger partial charge in [0.15, 0.2) is 0 Å². The normalized spacial score (nSPS) is 16.4. The van der Waals surface area contributed by atoms with Gasteiger partial charge in [0.2, 0.25) is 0 Å². The molecule has 1 aromatic heterocycles. The Labute approximate surface area is 124 Å². The van der Waals surface area contributed by atoms with Crippen LogP contribution in [0, 0.1) is 12.7 Å². The van der Waals surface area contributed by atoms with Crippen LogP contribution in [0.1, 0.15) is 35.8 Å². The van der Waals surface area contributed by atoms with Crippen LogP contribution in [0.15, 0.2) is 41.0 Å². The van der Waals surface area contributed by atoms with E-state index in [0.717, 1.165) is 23.4 Å². The van der Waals surface area contributed by atoms with E-state index in [1.54, 1.807) is 12.3 Å². The summed E-state index contributed by atoms with van der Waals surface area (Å²) in [7, 11) is 0. The molecule has 0 amide bonds. The molecule has 4 heteroatoms. The number of furan rings is 1. The zero-order chi connectivity index (χ0) is 14.8. The Balaban J connectivity index is 1.89. The number of benzene rings is 1. The van der Waals surface area contributed by atoms with E-state index >= 15 is 0 Å². The van der Waals surface area contributed by atoms with Crippen LogP contribution in [-0.2, 0) is 6.54 Å². The van der Waals surface area contributed by atoms with Gasteiger partial charge in [-0.1, -0.05) is 6.07 Å². The SMILES string of the molecule is Cc1ccc(F)cc1C(CN)N(Cc1ccco1)C1CC1. The predicted octanol–water partition coefficient (Wildman–Crippen LogP) is 3.39. The predicted molar refractivity (Wildman–Crippen MR) is 80.2 cm³/mol. The number of nitrogens with zero attached hydrogens (tertiary/aromatic N) is 1. The maximum atomic E-state index is 13.6. The lowest BCUT2D eigenvalue weighted by atomic mass is 9.99. The van der Waals surface area contributed by atoms with Crippen LogP contribution < -0.4 is 5.73 Å². The third-order valence-electron chi connectivity index (χ3n) is 4.16. The Morgan fingerprint density at radius 2 is 2.19 bits per heavy atom. The minimum absolute atomic E-state index is 0.0262. The van der Waals surface area contributed by atoms with Gasteiger partial charge in [0.25, 0.3) is 0 Å². The third kappa shape index (κ3) is 3.17. The van der Waals surface area contributed by atoms with Gasteiger partial charge in [-0.05, 0) is 55.2 Å². The molecule has 1 aromatic carbocycles. The zero-order valence-electron chi connectivity index (χ0n) is 12.3. The summed E-state index contributed by atoms with van der Waals surface area (Å²) in [5.41, 5.74) is 8.09. The van der Waals surface area contributed by atoms with Gasteiger partial charge >= 0.3 is 0 Å². The minimum Gasteiger partial charge on any atom is -0.468 e. The maximum absolute atomic E-state index is 13.6. The Bertz CT molecular complexity index is 593. The number of nitrogens with two attached hydrogens (primary N) is 1. The second-order valence-corrected chi connectivity index (χ2v) is 5.74. The van der Waals surface area contributed by atoms with Crippen LogP contribution in [0.3, 0.4) is 0 Å². The maximum Gasteiger partial charge on any atom is 0.123 e. The molecule has 0 spiro atoms. The second kappa shape index (κ2) is 6.00. The third-order valence-corrected chi connectivity index (χ3v) is 4.16. The lowest BCUT2D eigenvalue weighted by Gasteiger charge is -2.31. The van der Waals surface area contributed by atoms with Crippen molar-refractivity contribution in [3.05, 3.63) is 59.3 Å². The summed E-state index contributed by atoms with van der Waals surface area (Å²) in [5, 5.41) is 0. The molecule has 21 heavy (non-hydrogen) atoms. The Morgan fingerprint density at radius 1 is 1.38 bits per heavy atom. The van der Waals surface area contributed by atoms with Crippen LogP contribution >= 0.6 is 0 Å². The van der Waals surface area contributed by atoms with Crippen LogP contribution in [-0.4, -0.2) is 17.5 Å². The van der Waals surface area contributed by atoms with Gasteiger partial charge in [-0.3, -0.25) is 4.90 Å². The summed E-state index contributed by atoms with van der Waals surface area (Å²) in [5.74, 6) is 0.720. The molecular formula is C17H21FN2O. The molecule has 2 N–H and O–H groups in total. The first-order valence-electron chi connectivity index (χ1n) is 7.43. The van der Waals surface area contributed by atoms with E-state index in [0.29, 0.717) is 12.6 Å². The molecule has 0 bridgehead atoms. The van der Waals surface area contributed by atoms with Crippen molar-refractivity contribution < 1.29 is 8.81 Å². The van der Waals surface area contributed by atoms with Gasteiger partial charge in [-0.15, -0.1) is 0 Å². The summed E-state index contributed by atoms with van der Waals surface area (Å²) in [4.78, 5) is 2.35. The van der Waals surface area contributed by atoms with E-state index in [-0.39, 0.29) is 11.9 Å². The highest BCUT2D eigenvalue weighted by molar-refractivity contribution is 5.30. The van der Waals surface area contributed by atoms with E-state index in [9.17, 15) is 4.39 Å². The van der Waals surface area contributed by atoms with Crippen LogP contribution in [0.5, 0.6) is 0 Å². The summed E-state index contributed by atoms with van der Waals surface area (Å²) in [6, 6.07) is 9.35. The molecule has 1 aliphatic rings. The monoisotopic (exact) mass is 288 g/mol. The zero-order valence-corrected chi connectivity index (χ0v) is 12.3. The summed E-state index contributed by atoms with van der Waals surface area (Å²) in [6.45, 7) is 3.20. The molecule has 1 aliphatic carbocycles. The topological polar surface area (TPSA) is 42.4 Å². The smallest absolute Gasteiger partial charge is 0.123 e. The van der Waals surface area contributed by atoms with Crippen molar-refractivity contribution in [1.29, 1.82) is 0 Å². The molecule has 1 fully saturated rings. The van der Waals surface area contributed by atoms with Gasteiger partial charge in [-0.2, -0.15) is 0 Å². The van der Waals surface area contributed by atoms with Gasteiger partial charge in [0, 0.05) is 18.6 Å². The first-order valence-corrected chi connectivity index (χ1v) is 7.43. The van der Waals surface area contributed by atoms with Crippen LogP contribution in [0.2, 0.25) is 0 Å². The first-order chi connectivity index (χ1) is 10.2. The number of hydrogen-bond donors (Lipinski definition) is 1. The molecule has 0 aliphatic heterocycles. The molecule has 1 unspecified atom stereocenters. The lowest BCUT2D eigenvalue weighted by molar-refractivity contribution is 0.167. The van der Waals surface area contributed by atoms with Crippen molar-refractivity contribution in [2.45, 2.75) is 38.4 Å². The van der Waals surface area contributed by atoms with Gasteiger partial charge in [0.1, 0.15) is 11.6 Å². The fourth-order valence-corrected chi connectivity index (χ4v) is 2.89. The summed E-state index contributed by atoms with van der Waals surface area (Å²) in [6.07, 6.45) is 4.03. The molecule has 0 saturated heterocycles. The Morgan fingerprint density at radius 3 is 2.81 bits per heavy atom. The van der Waals surface area contributed by atoms with E-state index in [4.69, 9.17) is 10.2 Å². The standard InChI is InChI=1S/C17H21FN2O/c1-12-4-5-13(18)9-16(12)17(10-19)20(14-6-7-14)11-15-3-2-8-21-15/h2-5,8-9,14,17H,6-7,10-11,19H2,1H3. The fraction of sp³-hybridized carbons (Fsp3) is 0.412. The molecule has 2 aromatic rings. The molecule has 3 rings (SSSR count). The molecule has 1 atom stereocenters. The molecule has 0 radical (unpaired) electrons. The number of halogens is 1. The summed E-state index contributed by atoms with van der Waals surface area (Å²) < 4.78 is 19.1. The average molecular weight is 288 g/mol. The second-order valence-electron chi connectivity index (χ2n) is 5.74. The van der Waals surface area contributed by atoms with Crippen molar-refractivity contribution in [3.8, 4) is 0 Å². The van der Waals surface area contributed by atoms with Crippen molar-refractivity contribution in [3.63, 3.8) is 0 Å². The van der Waals surface area contributed by atoms with Crippen molar-refractivity contribution in [1.82, 2.24) is 4.90 Å². The largest absolute Gasteiger partial charge is 0.468 e. The number of aryl methyl sites for hydroxylation is 1. The van der Waals surface area contributed by atoms with E-state index in [1.807, 2.05) is 25.1 Å². The highest BCUT2D eigenvalue weighted by Crippen LogP contribution is 2.36. The highest BCUT2D eigenvalue weighted by atomic mass is 19.1. The Hall–Kier alpha value is -1.65. The van der Waals surface area contributed by atoms with E-state index in [2.05, 4.69) is 4.90 Å². The molecule has 1 saturated carbocycles. The lowest BCUT2D eigenvalue weighted by Crippen LogP contribution is -2.35. The highest BCUT2D eigenvalue weighted by Gasteiger charge is 2.35. The Kier molecular flexibility index (Phi) is 4.08. The summed E-state index contributed by atoms with van der Waals surface area (Å²) >= 11 is 0. The quantitative estimate of drug-likeness (QED) is 0.886. The van der Waals surface area contributed by atoms with Crippen LogP contribution in [0.25, 0.3) is 0 Å². The van der Waals surface area contributed by atoms with E-state index < -0.39 is 0 Å². The van der Waals surface area contributed by atoms with Crippen LogP contribution in [0.4, 0.5) is 4.39 Å². The fourth-order valence-electron chi connectivity index (χ4n) is 2.89. The van der Waals surface area contributed by atoms with Gasteiger partial charge in [0.05, 0.1) is 12.8 Å². The van der Waals surface area contributed by atoms with E-state index in [1.165, 1.54) is 18.9 Å². The average Bonchev–Trinajstić information content (AvgIpc) is 3.19. The van der Waals surface area contributed by atoms with Gasteiger partial charge in [-0.25, -0.2) is 4.39 Å². The first kappa shape index (κ1) is 14.3. The molecule has 112 valence electrons. The number of hydrogen-bond acceptors (Lipinski definition) is 3. The molecular weight excluding hydrogens is 267 g/mol. The minimum atomic E-state index is -0.206. The molecule has 1 heterocycles. The van der Waals surface area contributed by atoms with Gasteiger partial charge < -0.3 is 10.2 Å².